The summed E-state index contributed by atoms with van der Waals surface area (Å²) in [6.45, 7) is 5.21. The molecule has 0 atom stereocenters. The Morgan fingerprint density at radius 3 is 0.935 bits per heavy atom. The molecule has 0 aromatic carbocycles. The fourth-order valence-electron chi connectivity index (χ4n) is 6.66. The van der Waals surface area contributed by atoms with E-state index in [4.69, 9.17) is 4.74 Å². The molecule has 2 nitrogen and oxygen atoms in total. The molecule has 0 radical (unpaired) electrons. The zero-order valence-corrected chi connectivity index (χ0v) is 32.0. The topological polar surface area (TPSA) is 26.3 Å². The van der Waals surface area contributed by atoms with Crippen molar-refractivity contribution in [2.24, 2.45) is 0 Å². The van der Waals surface area contributed by atoms with Crippen LogP contribution in [-0.2, 0) is 9.53 Å². The molecule has 0 heterocycles. The van der Waals surface area contributed by atoms with E-state index < -0.39 is 0 Å². The van der Waals surface area contributed by atoms with Gasteiger partial charge in [0.15, 0.2) is 0 Å². The third-order valence-electron chi connectivity index (χ3n) is 9.90. The van der Waals surface area contributed by atoms with Crippen LogP contribution in [0, 0.1) is 0 Å². The van der Waals surface area contributed by atoms with Gasteiger partial charge in [0.25, 0.3) is 0 Å². The van der Waals surface area contributed by atoms with Crippen molar-refractivity contribution in [1.29, 1.82) is 0 Å². The Hall–Kier alpha value is -0.790. The number of hydrogen-bond donors (Lipinski definition) is 0. The Labute approximate surface area is 291 Å². The van der Waals surface area contributed by atoms with Crippen LogP contribution >= 0.6 is 0 Å². The summed E-state index contributed by atoms with van der Waals surface area (Å²) in [6, 6.07) is 0. The highest BCUT2D eigenvalue weighted by Crippen LogP contribution is 2.16. The maximum absolute atomic E-state index is 12.0. The maximum atomic E-state index is 12.0. The number of ether oxygens (including phenoxy) is 1. The van der Waals surface area contributed by atoms with Crippen molar-refractivity contribution in [3.63, 3.8) is 0 Å². The van der Waals surface area contributed by atoms with E-state index in [1.165, 1.54) is 225 Å². The Morgan fingerprint density at radius 2 is 0.609 bits per heavy atom. The quantitative estimate of drug-likeness (QED) is 0.0376. The average molecular weight is 647 g/mol. The van der Waals surface area contributed by atoms with Gasteiger partial charge in [-0.3, -0.25) is 4.79 Å². The molecule has 0 aromatic heterocycles. The predicted molar refractivity (Wildman–Crippen MR) is 207 cm³/mol. The lowest BCUT2D eigenvalue weighted by Gasteiger charge is -2.06. The minimum absolute atomic E-state index is 0.0243. The summed E-state index contributed by atoms with van der Waals surface area (Å²) in [6.07, 6.45) is 56.0. The number of hydrogen-bond acceptors (Lipinski definition) is 2. The SMILES string of the molecule is CCCCCCCC/C=C\CCCCCCCCCC(=O)OCCCCCCCCCCCCCCCCCCCCCCCC. The number of carbonyl (C=O) groups is 1. The molecule has 0 aromatic rings. The van der Waals surface area contributed by atoms with E-state index in [0.29, 0.717) is 13.0 Å². The predicted octanol–water partition coefficient (Wildman–Crippen LogP) is 15.9. The van der Waals surface area contributed by atoms with Crippen molar-refractivity contribution in [2.45, 2.75) is 258 Å². The first-order chi connectivity index (χ1) is 22.8. The van der Waals surface area contributed by atoms with Gasteiger partial charge in [0.1, 0.15) is 0 Å². The molecular formula is C44H86O2. The molecule has 0 N–H and O–H groups in total. The van der Waals surface area contributed by atoms with Crippen LogP contribution in [0.5, 0.6) is 0 Å². The second-order valence-corrected chi connectivity index (χ2v) is 14.7. The zero-order valence-electron chi connectivity index (χ0n) is 32.0. The first kappa shape index (κ1) is 45.2. The Kier molecular flexibility index (Phi) is 41.5. The lowest BCUT2D eigenvalue weighted by molar-refractivity contribution is -0.143. The van der Waals surface area contributed by atoms with E-state index in [9.17, 15) is 4.79 Å². The van der Waals surface area contributed by atoms with Crippen LogP contribution < -0.4 is 0 Å². The summed E-state index contributed by atoms with van der Waals surface area (Å²) in [7, 11) is 0. The highest BCUT2D eigenvalue weighted by atomic mass is 16.5. The summed E-state index contributed by atoms with van der Waals surface area (Å²) < 4.78 is 5.47. The van der Waals surface area contributed by atoms with Gasteiger partial charge in [-0.1, -0.05) is 225 Å². The van der Waals surface area contributed by atoms with E-state index in [1.54, 1.807) is 0 Å². The number of esters is 1. The second kappa shape index (κ2) is 42.2. The van der Waals surface area contributed by atoms with Gasteiger partial charge in [0.2, 0.25) is 0 Å². The van der Waals surface area contributed by atoms with Crippen molar-refractivity contribution < 1.29 is 9.53 Å². The first-order valence-corrected chi connectivity index (χ1v) is 21.6. The van der Waals surface area contributed by atoms with Gasteiger partial charge < -0.3 is 4.74 Å². The van der Waals surface area contributed by atoms with Gasteiger partial charge in [-0.15, -0.1) is 0 Å². The summed E-state index contributed by atoms with van der Waals surface area (Å²) in [5.74, 6) is 0.0243. The second-order valence-electron chi connectivity index (χ2n) is 14.7. The molecule has 0 amide bonds. The standard InChI is InChI=1S/C44H86O2/c1-3-5-7-9-11-13-15-17-19-21-22-23-24-25-27-29-31-33-35-37-39-41-43-46-44(45)42-40-38-36-34-32-30-28-26-20-18-16-14-12-10-8-6-4-2/h18,20H,3-17,19,21-43H2,1-2H3/b20-18-. The molecule has 0 bridgehead atoms. The van der Waals surface area contributed by atoms with Crippen molar-refractivity contribution >= 4 is 5.97 Å². The number of unbranched alkanes of at least 4 members (excludes halogenated alkanes) is 34. The molecule has 0 spiro atoms. The molecule has 0 rings (SSSR count). The summed E-state index contributed by atoms with van der Waals surface area (Å²) in [5.41, 5.74) is 0. The molecule has 0 aliphatic carbocycles. The fraction of sp³-hybridized carbons (Fsp3) is 0.932. The van der Waals surface area contributed by atoms with Crippen LogP contribution in [0.2, 0.25) is 0 Å². The van der Waals surface area contributed by atoms with E-state index in [-0.39, 0.29) is 5.97 Å². The molecule has 0 saturated carbocycles. The first-order valence-electron chi connectivity index (χ1n) is 21.6. The van der Waals surface area contributed by atoms with Crippen LogP contribution in [0.3, 0.4) is 0 Å². The van der Waals surface area contributed by atoms with Gasteiger partial charge in [0.05, 0.1) is 6.61 Å². The molecule has 0 saturated heterocycles. The van der Waals surface area contributed by atoms with Crippen molar-refractivity contribution in [3.8, 4) is 0 Å². The molecule has 2 heteroatoms. The number of allylic oxidation sites excluding steroid dienone is 2. The molecule has 274 valence electrons. The summed E-state index contributed by atoms with van der Waals surface area (Å²) in [5, 5.41) is 0. The Morgan fingerprint density at radius 1 is 0.348 bits per heavy atom. The van der Waals surface area contributed by atoms with Gasteiger partial charge >= 0.3 is 5.97 Å². The zero-order chi connectivity index (χ0) is 33.3. The number of carbonyl (C=O) groups excluding carboxylic acids is 1. The highest BCUT2D eigenvalue weighted by Gasteiger charge is 2.03. The minimum Gasteiger partial charge on any atom is -0.466 e. The normalized spacial score (nSPS) is 11.6. The van der Waals surface area contributed by atoms with Crippen LogP contribution in [0.1, 0.15) is 258 Å². The largest absolute Gasteiger partial charge is 0.466 e. The Bertz CT molecular complexity index is 582. The van der Waals surface area contributed by atoms with Crippen LogP contribution in [-0.4, -0.2) is 12.6 Å². The van der Waals surface area contributed by atoms with Crippen molar-refractivity contribution in [1.82, 2.24) is 0 Å². The lowest BCUT2D eigenvalue weighted by Crippen LogP contribution is -2.05. The van der Waals surface area contributed by atoms with Crippen LogP contribution in [0.15, 0.2) is 12.2 Å². The van der Waals surface area contributed by atoms with E-state index >= 15 is 0 Å². The van der Waals surface area contributed by atoms with Gasteiger partial charge in [-0.05, 0) is 38.5 Å². The molecule has 0 aliphatic heterocycles. The van der Waals surface area contributed by atoms with Crippen LogP contribution in [0.4, 0.5) is 0 Å². The highest BCUT2D eigenvalue weighted by molar-refractivity contribution is 5.69. The monoisotopic (exact) mass is 647 g/mol. The summed E-state index contributed by atoms with van der Waals surface area (Å²) >= 11 is 0. The van der Waals surface area contributed by atoms with Gasteiger partial charge in [0, 0.05) is 6.42 Å². The minimum atomic E-state index is 0.0243. The molecule has 0 fully saturated rings. The third-order valence-corrected chi connectivity index (χ3v) is 9.90. The van der Waals surface area contributed by atoms with E-state index in [1.807, 2.05) is 0 Å². The van der Waals surface area contributed by atoms with Crippen LogP contribution in [0.25, 0.3) is 0 Å². The average Bonchev–Trinajstić information content (AvgIpc) is 3.06. The smallest absolute Gasteiger partial charge is 0.305 e. The van der Waals surface area contributed by atoms with Gasteiger partial charge in [-0.25, -0.2) is 0 Å². The molecular weight excluding hydrogens is 560 g/mol. The lowest BCUT2D eigenvalue weighted by atomic mass is 10.0. The third kappa shape index (κ3) is 41.2. The fourth-order valence-corrected chi connectivity index (χ4v) is 6.66. The van der Waals surface area contributed by atoms with E-state index in [0.717, 1.165) is 12.8 Å². The summed E-state index contributed by atoms with van der Waals surface area (Å²) in [4.78, 5) is 12.0. The molecule has 46 heavy (non-hydrogen) atoms. The van der Waals surface area contributed by atoms with E-state index in [2.05, 4.69) is 26.0 Å². The molecule has 0 unspecified atom stereocenters. The number of rotatable bonds is 40. The molecule has 0 aliphatic rings. The van der Waals surface area contributed by atoms with Gasteiger partial charge in [-0.2, -0.15) is 0 Å². The van der Waals surface area contributed by atoms with Crippen molar-refractivity contribution in [2.75, 3.05) is 6.61 Å². The van der Waals surface area contributed by atoms with Crippen molar-refractivity contribution in [3.05, 3.63) is 12.2 Å². The Balaban J connectivity index is 3.17. The maximum Gasteiger partial charge on any atom is 0.305 e.